The monoisotopic (exact) mass is 460 g/mol. The Morgan fingerprint density at radius 2 is 1.06 bits per heavy atom. The molecule has 0 unspecified atom stereocenters. The Hall–Kier alpha value is -2.84. The van der Waals surface area contributed by atoms with E-state index in [4.69, 9.17) is 24.4 Å². The highest BCUT2D eigenvalue weighted by Gasteiger charge is 2.03. The van der Waals surface area contributed by atoms with E-state index in [0.29, 0.717) is 0 Å². The van der Waals surface area contributed by atoms with Crippen LogP contribution in [0.1, 0.15) is 39.8 Å². The van der Waals surface area contributed by atoms with Crippen molar-refractivity contribution in [3.63, 3.8) is 0 Å². The van der Waals surface area contributed by atoms with Gasteiger partial charge in [-0.15, -0.1) is 0 Å². The lowest BCUT2D eigenvalue weighted by atomic mass is 10.1. The van der Waals surface area contributed by atoms with Crippen LogP contribution in [0.15, 0.2) is 36.4 Å². The molecule has 0 aromatic heterocycles. The molecule has 0 fully saturated rings. The topological polar surface area (TPSA) is 110 Å². The van der Waals surface area contributed by atoms with E-state index in [0.717, 1.165) is 21.1 Å². The summed E-state index contributed by atoms with van der Waals surface area (Å²) < 4.78 is 0. The number of aryl methyl sites for hydroxylation is 4. The molecule has 2 aromatic rings. The maximum Gasteiger partial charge on any atom is 0.226 e. The summed E-state index contributed by atoms with van der Waals surface area (Å²) in [6.45, 7) is 8.28. The summed E-state index contributed by atoms with van der Waals surface area (Å²) in [6.07, 6.45) is -0.361. The Kier molecular flexibility index (Phi) is 12.9. The van der Waals surface area contributed by atoms with Crippen molar-refractivity contribution in [2.24, 2.45) is 11.5 Å². The predicted octanol–water partition coefficient (Wildman–Crippen LogP) is 2.74. The Bertz CT molecular complexity index is 868. The Morgan fingerprint density at radius 1 is 0.742 bits per heavy atom. The van der Waals surface area contributed by atoms with E-state index < -0.39 is 11.8 Å². The lowest BCUT2D eigenvalue weighted by Crippen LogP contribution is -2.21. The molecule has 0 aliphatic heterocycles. The van der Waals surface area contributed by atoms with Gasteiger partial charge in [-0.2, -0.15) is 0 Å². The van der Waals surface area contributed by atoms with Gasteiger partial charge in [0.2, 0.25) is 11.8 Å². The largest absolute Gasteiger partial charge is 0.379 e. The average molecular weight is 461 g/mol. The first-order chi connectivity index (χ1) is 14.4. The highest BCUT2D eigenvalue weighted by atomic mass is 32.1. The smallest absolute Gasteiger partial charge is 0.226 e. The molecule has 2 amide bonds. The van der Waals surface area contributed by atoms with E-state index in [-0.39, 0.29) is 6.42 Å². The van der Waals surface area contributed by atoms with Crippen molar-refractivity contribution in [2.75, 3.05) is 14.1 Å². The molecule has 0 radical (unpaired) electrons. The number of hydrogen-bond acceptors (Lipinski definition) is 4. The van der Waals surface area contributed by atoms with Crippen molar-refractivity contribution in [2.45, 2.75) is 34.1 Å². The van der Waals surface area contributed by atoms with Crippen LogP contribution in [0.25, 0.3) is 0 Å². The molecule has 8 heteroatoms. The van der Waals surface area contributed by atoms with Gasteiger partial charge < -0.3 is 22.1 Å². The van der Waals surface area contributed by atoms with E-state index in [2.05, 4.69) is 86.2 Å². The van der Waals surface area contributed by atoms with Gasteiger partial charge in [-0.3, -0.25) is 9.59 Å². The number of thiocarbonyl (C=S) groups is 2. The summed E-state index contributed by atoms with van der Waals surface area (Å²) in [7, 11) is 3.70. The number of nitrogens with two attached hydrogens (primary N) is 2. The van der Waals surface area contributed by atoms with Crippen LogP contribution in [-0.2, 0) is 9.59 Å². The molecule has 0 bridgehead atoms. The highest BCUT2D eigenvalue weighted by Crippen LogP contribution is 2.11. The molecule has 0 spiro atoms. The predicted molar refractivity (Wildman–Crippen MR) is 136 cm³/mol. The number of benzene rings is 2. The maximum atomic E-state index is 9.73. The zero-order chi connectivity index (χ0) is 24.1. The van der Waals surface area contributed by atoms with E-state index in [1.165, 1.54) is 22.3 Å². The van der Waals surface area contributed by atoms with Gasteiger partial charge >= 0.3 is 0 Å². The third kappa shape index (κ3) is 11.2. The normalized spacial score (nSPS) is 9.23. The van der Waals surface area contributed by atoms with Gasteiger partial charge in [-0.05, 0) is 51.0 Å². The van der Waals surface area contributed by atoms with Gasteiger partial charge in [0.15, 0.2) is 0 Å². The Labute approximate surface area is 195 Å². The van der Waals surface area contributed by atoms with E-state index in [1.54, 1.807) is 0 Å². The Morgan fingerprint density at radius 3 is 1.29 bits per heavy atom. The van der Waals surface area contributed by atoms with Crippen molar-refractivity contribution >= 4 is 46.2 Å². The summed E-state index contributed by atoms with van der Waals surface area (Å²) >= 11 is 10.3. The third-order valence-electron chi connectivity index (χ3n) is 4.08. The minimum atomic E-state index is -0.687. The summed E-state index contributed by atoms with van der Waals surface area (Å²) in [5.41, 5.74) is 16.3. The minimum absolute atomic E-state index is 0.361. The zero-order valence-corrected chi connectivity index (χ0v) is 20.6. The average Bonchev–Trinajstić information content (AvgIpc) is 2.70. The van der Waals surface area contributed by atoms with Crippen molar-refractivity contribution < 1.29 is 9.59 Å². The van der Waals surface area contributed by atoms with Crippen LogP contribution in [0.4, 0.5) is 0 Å². The minimum Gasteiger partial charge on any atom is -0.379 e. The summed E-state index contributed by atoms with van der Waals surface area (Å²) in [5.74, 6) is -1.37. The molecule has 6 nitrogen and oxygen atoms in total. The molecule has 0 saturated carbocycles. The standard InChI is InChI=1S/2C10H13NS.C3H6N2O2/c2*1-7-4-5-8(2)9(6-7)10(12)11-3;4-2(6)1-3(5)7/h2*4-6H,1-3H3,(H,11,12);1H2,(H2,4,6)(H2,5,7). The second kappa shape index (κ2) is 14.2. The Balaban J connectivity index is 0.000000454. The third-order valence-corrected chi connectivity index (χ3v) is 4.93. The number of carbonyl (C=O) groups excluding carboxylic acids is 2. The summed E-state index contributed by atoms with van der Waals surface area (Å²) in [5, 5.41) is 5.96. The number of primary amides is 2. The van der Waals surface area contributed by atoms with Gasteiger partial charge in [0.1, 0.15) is 16.4 Å². The molecule has 0 aliphatic carbocycles. The molecule has 31 heavy (non-hydrogen) atoms. The lowest BCUT2D eigenvalue weighted by molar-refractivity contribution is -0.125. The van der Waals surface area contributed by atoms with Gasteiger partial charge in [0, 0.05) is 25.2 Å². The molecular formula is C23H32N4O2S2. The number of nitrogens with one attached hydrogen (secondary N) is 2. The quantitative estimate of drug-likeness (QED) is 0.413. The summed E-state index contributed by atoms with van der Waals surface area (Å²) in [6, 6.07) is 12.6. The van der Waals surface area contributed by atoms with Gasteiger partial charge in [-0.25, -0.2) is 0 Å². The molecule has 2 aromatic carbocycles. The molecule has 0 atom stereocenters. The van der Waals surface area contributed by atoms with E-state index in [1.807, 2.05) is 14.1 Å². The zero-order valence-electron chi connectivity index (χ0n) is 19.0. The maximum absolute atomic E-state index is 9.73. The number of hydrogen-bond donors (Lipinski definition) is 4. The second-order valence-corrected chi connectivity index (χ2v) is 7.72. The van der Waals surface area contributed by atoms with Crippen molar-refractivity contribution in [1.29, 1.82) is 0 Å². The van der Waals surface area contributed by atoms with Crippen LogP contribution >= 0.6 is 24.4 Å². The molecule has 0 heterocycles. The van der Waals surface area contributed by atoms with Gasteiger partial charge in [0.25, 0.3) is 0 Å². The van der Waals surface area contributed by atoms with Crippen molar-refractivity contribution in [3.05, 3.63) is 69.8 Å². The first-order valence-corrected chi connectivity index (χ1v) is 10.4. The van der Waals surface area contributed by atoms with Crippen molar-refractivity contribution in [3.8, 4) is 0 Å². The van der Waals surface area contributed by atoms with Gasteiger partial charge in [0.05, 0.1) is 0 Å². The second-order valence-electron chi connectivity index (χ2n) is 6.90. The molecule has 2 rings (SSSR count). The fourth-order valence-electron chi connectivity index (χ4n) is 2.40. The first kappa shape index (κ1) is 28.2. The van der Waals surface area contributed by atoms with E-state index in [9.17, 15) is 9.59 Å². The fourth-order valence-corrected chi connectivity index (χ4v) is 2.84. The number of rotatable bonds is 4. The highest BCUT2D eigenvalue weighted by molar-refractivity contribution is 7.81. The molecule has 0 saturated heterocycles. The van der Waals surface area contributed by atoms with Crippen LogP contribution in [-0.4, -0.2) is 35.9 Å². The molecule has 0 aliphatic rings. The van der Waals surface area contributed by atoms with E-state index >= 15 is 0 Å². The first-order valence-electron chi connectivity index (χ1n) is 9.58. The van der Waals surface area contributed by atoms with Crippen LogP contribution in [0, 0.1) is 27.7 Å². The van der Waals surface area contributed by atoms with Crippen molar-refractivity contribution in [1.82, 2.24) is 10.6 Å². The lowest BCUT2D eigenvalue weighted by Gasteiger charge is -2.07. The fraction of sp³-hybridized carbons (Fsp3) is 0.304. The van der Waals surface area contributed by atoms with Crippen LogP contribution in [0.2, 0.25) is 0 Å². The van der Waals surface area contributed by atoms with Crippen LogP contribution < -0.4 is 22.1 Å². The number of carbonyl (C=O) groups is 2. The molecule has 6 N–H and O–H groups in total. The van der Waals surface area contributed by atoms with Crippen LogP contribution in [0.5, 0.6) is 0 Å². The molecular weight excluding hydrogens is 428 g/mol. The summed E-state index contributed by atoms with van der Waals surface area (Å²) in [4.78, 5) is 21.1. The molecule has 168 valence electrons. The van der Waals surface area contributed by atoms with Crippen LogP contribution in [0.3, 0.4) is 0 Å². The number of amides is 2. The SMILES string of the molecule is CNC(=S)c1cc(C)ccc1C.CNC(=S)c1cc(C)ccc1C.NC(=O)CC(N)=O. The van der Waals surface area contributed by atoms with Gasteiger partial charge in [-0.1, -0.05) is 59.8 Å².